The molecule has 164 valence electrons. The van der Waals surface area contributed by atoms with Crippen molar-refractivity contribution in [3.05, 3.63) is 35.9 Å². The molecule has 0 spiro atoms. The first-order chi connectivity index (χ1) is 14.1. The van der Waals surface area contributed by atoms with Crippen LogP contribution in [0.15, 0.2) is 30.3 Å². The van der Waals surface area contributed by atoms with Crippen LogP contribution in [0.1, 0.15) is 52.5 Å². The van der Waals surface area contributed by atoms with Crippen molar-refractivity contribution in [1.29, 1.82) is 5.26 Å². The fourth-order valence-corrected chi connectivity index (χ4v) is 3.75. The summed E-state index contributed by atoms with van der Waals surface area (Å²) in [6, 6.07) is 11.8. The predicted molar refractivity (Wildman–Crippen MR) is 115 cm³/mol. The van der Waals surface area contributed by atoms with Gasteiger partial charge in [-0.1, -0.05) is 44.2 Å². The number of nitriles is 1. The van der Waals surface area contributed by atoms with Crippen molar-refractivity contribution in [3.8, 4) is 6.07 Å². The minimum absolute atomic E-state index is 0.148. The SMILES string of the molecule is CC(C)CC(OC(=O)NCc1ccccc1)C(=O)NC1(C#N)CCN(C)C(C)(C)C1. The number of amides is 2. The van der Waals surface area contributed by atoms with E-state index in [4.69, 9.17) is 4.74 Å². The molecule has 0 aromatic heterocycles. The van der Waals surface area contributed by atoms with Crippen molar-refractivity contribution in [1.82, 2.24) is 15.5 Å². The van der Waals surface area contributed by atoms with Crippen LogP contribution in [0.5, 0.6) is 0 Å². The van der Waals surface area contributed by atoms with E-state index in [0.29, 0.717) is 32.4 Å². The minimum atomic E-state index is -0.966. The quantitative estimate of drug-likeness (QED) is 0.714. The van der Waals surface area contributed by atoms with Crippen LogP contribution in [0.3, 0.4) is 0 Å². The van der Waals surface area contributed by atoms with E-state index >= 15 is 0 Å². The fraction of sp³-hybridized carbons (Fsp3) is 0.609. The highest BCUT2D eigenvalue weighted by atomic mass is 16.6. The topological polar surface area (TPSA) is 94.5 Å². The largest absolute Gasteiger partial charge is 0.436 e. The van der Waals surface area contributed by atoms with Crippen LogP contribution < -0.4 is 10.6 Å². The summed E-state index contributed by atoms with van der Waals surface area (Å²) in [7, 11) is 2.02. The van der Waals surface area contributed by atoms with E-state index < -0.39 is 23.6 Å². The minimum Gasteiger partial charge on any atom is -0.436 e. The van der Waals surface area contributed by atoms with Crippen LogP contribution >= 0.6 is 0 Å². The molecule has 0 saturated carbocycles. The van der Waals surface area contributed by atoms with E-state index in [9.17, 15) is 14.9 Å². The van der Waals surface area contributed by atoms with Crippen molar-refractivity contribution < 1.29 is 14.3 Å². The smallest absolute Gasteiger partial charge is 0.408 e. The lowest BCUT2D eigenvalue weighted by atomic mass is 9.77. The Morgan fingerprint density at radius 3 is 2.50 bits per heavy atom. The Morgan fingerprint density at radius 1 is 1.27 bits per heavy atom. The summed E-state index contributed by atoms with van der Waals surface area (Å²) in [5.74, 6) is -0.268. The van der Waals surface area contributed by atoms with Crippen LogP contribution in [0.25, 0.3) is 0 Å². The van der Waals surface area contributed by atoms with Crippen LogP contribution in [0, 0.1) is 17.2 Å². The van der Waals surface area contributed by atoms with Crippen molar-refractivity contribution in [2.75, 3.05) is 13.6 Å². The third-order valence-electron chi connectivity index (χ3n) is 5.73. The summed E-state index contributed by atoms with van der Waals surface area (Å²) >= 11 is 0. The number of alkyl carbamates (subject to hydrolysis) is 1. The molecule has 0 aliphatic carbocycles. The monoisotopic (exact) mass is 414 g/mol. The van der Waals surface area contributed by atoms with Crippen LogP contribution in [-0.2, 0) is 16.1 Å². The average Bonchev–Trinajstić information content (AvgIpc) is 2.69. The molecule has 2 atom stereocenters. The Hall–Kier alpha value is -2.59. The number of nitrogens with zero attached hydrogens (tertiary/aromatic N) is 2. The van der Waals surface area contributed by atoms with Crippen LogP contribution in [0.2, 0.25) is 0 Å². The molecule has 1 aliphatic heterocycles. The number of carbonyl (C=O) groups is 2. The van der Waals surface area contributed by atoms with Gasteiger partial charge in [0, 0.05) is 25.0 Å². The van der Waals surface area contributed by atoms with Crippen LogP contribution in [0.4, 0.5) is 4.79 Å². The van der Waals surface area contributed by atoms with Gasteiger partial charge in [-0.2, -0.15) is 5.26 Å². The molecular weight excluding hydrogens is 380 g/mol. The maximum atomic E-state index is 13.0. The van der Waals surface area contributed by atoms with Gasteiger partial charge in [-0.15, -0.1) is 0 Å². The second-order valence-corrected chi connectivity index (χ2v) is 9.21. The summed E-state index contributed by atoms with van der Waals surface area (Å²) < 4.78 is 5.47. The zero-order valence-electron chi connectivity index (χ0n) is 18.7. The molecule has 1 aliphatic rings. The normalized spacial score (nSPS) is 22.0. The van der Waals surface area contributed by atoms with E-state index in [1.54, 1.807) is 0 Å². The zero-order valence-corrected chi connectivity index (χ0v) is 18.7. The Labute approximate surface area is 179 Å². The Bertz CT molecular complexity index is 772. The maximum absolute atomic E-state index is 13.0. The third kappa shape index (κ3) is 6.46. The molecule has 7 heteroatoms. The Balaban J connectivity index is 2.03. The number of ether oxygens (including phenoxy) is 1. The summed E-state index contributed by atoms with van der Waals surface area (Å²) in [6.07, 6.45) is -0.171. The molecule has 1 aromatic rings. The molecule has 0 bridgehead atoms. The van der Waals surface area contributed by atoms with Crippen molar-refractivity contribution in [2.24, 2.45) is 5.92 Å². The molecule has 2 unspecified atom stereocenters. The first-order valence-corrected chi connectivity index (χ1v) is 10.5. The predicted octanol–water partition coefficient (Wildman–Crippen LogP) is 3.21. The van der Waals surface area contributed by atoms with Gasteiger partial charge >= 0.3 is 6.09 Å². The molecule has 1 saturated heterocycles. The fourth-order valence-electron chi connectivity index (χ4n) is 3.75. The number of rotatable bonds is 7. The number of hydrogen-bond donors (Lipinski definition) is 2. The molecule has 2 amide bonds. The first kappa shape index (κ1) is 23.7. The van der Waals surface area contributed by atoms with Gasteiger partial charge in [0.05, 0.1) is 6.07 Å². The highest BCUT2D eigenvalue weighted by Gasteiger charge is 2.45. The number of nitrogens with one attached hydrogen (secondary N) is 2. The van der Waals surface area contributed by atoms with E-state index in [-0.39, 0.29) is 11.5 Å². The summed E-state index contributed by atoms with van der Waals surface area (Å²) in [6.45, 7) is 9.06. The average molecular weight is 415 g/mol. The molecule has 2 rings (SSSR count). The second-order valence-electron chi connectivity index (χ2n) is 9.21. The van der Waals surface area contributed by atoms with Gasteiger partial charge < -0.3 is 20.3 Å². The summed E-state index contributed by atoms with van der Waals surface area (Å²) in [5.41, 5.74) is -0.245. The van der Waals surface area contributed by atoms with Gasteiger partial charge in [-0.05, 0) is 45.2 Å². The van der Waals surface area contributed by atoms with Gasteiger partial charge in [-0.25, -0.2) is 4.79 Å². The first-order valence-electron chi connectivity index (χ1n) is 10.5. The summed E-state index contributed by atoms with van der Waals surface area (Å²) in [5, 5.41) is 15.5. The van der Waals surface area contributed by atoms with E-state index in [1.807, 2.05) is 51.2 Å². The summed E-state index contributed by atoms with van der Waals surface area (Å²) in [4.78, 5) is 27.5. The number of carbonyl (C=O) groups excluding carboxylic acids is 2. The molecule has 0 radical (unpaired) electrons. The molecule has 7 nitrogen and oxygen atoms in total. The standard InChI is InChI=1S/C23H34N4O3/c1-17(2)13-19(30-21(29)25-14-18-9-7-6-8-10-18)20(28)26-23(16-24)11-12-27(5)22(3,4)15-23/h6-10,17,19H,11-15H2,1-5H3,(H,25,29)(H,26,28). The highest BCUT2D eigenvalue weighted by Crippen LogP contribution is 2.33. The van der Waals surface area contributed by atoms with Crippen molar-refractivity contribution >= 4 is 12.0 Å². The molecule has 1 aromatic carbocycles. The zero-order chi connectivity index (χ0) is 22.4. The number of piperidine rings is 1. The van der Waals surface area contributed by atoms with E-state index in [0.717, 1.165) is 5.56 Å². The lowest BCUT2D eigenvalue weighted by Gasteiger charge is -2.47. The lowest BCUT2D eigenvalue weighted by molar-refractivity contribution is -0.132. The van der Waals surface area contributed by atoms with Gasteiger partial charge in [0.2, 0.25) is 0 Å². The third-order valence-corrected chi connectivity index (χ3v) is 5.73. The van der Waals surface area contributed by atoms with E-state index in [2.05, 4.69) is 35.5 Å². The van der Waals surface area contributed by atoms with Gasteiger partial charge in [0.1, 0.15) is 5.54 Å². The lowest BCUT2D eigenvalue weighted by Crippen LogP contribution is -2.62. The highest BCUT2D eigenvalue weighted by molar-refractivity contribution is 5.84. The van der Waals surface area contributed by atoms with Crippen LogP contribution in [-0.4, -0.2) is 47.7 Å². The molecule has 1 heterocycles. The number of benzene rings is 1. The maximum Gasteiger partial charge on any atom is 0.408 e. The van der Waals surface area contributed by atoms with E-state index in [1.165, 1.54) is 0 Å². The Kier molecular flexibility index (Phi) is 7.85. The van der Waals surface area contributed by atoms with Crippen molar-refractivity contribution in [3.63, 3.8) is 0 Å². The van der Waals surface area contributed by atoms with Gasteiger partial charge in [0.15, 0.2) is 6.10 Å². The molecule has 30 heavy (non-hydrogen) atoms. The second kappa shape index (κ2) is 9.94. The van der Waals surface area contributed by atoms with Gasteiger partial charge in [-0.3, -0.25) is 4.79 Å². The van der Waals surface area contributed by atoms with Crippen molar-refractivity contribution in [2.45, 2.75) is 70.7 Å². The molecule has 2 N–H and O–H groups in total. The van der Waals surface area contributed by atoms with Gasteiger partial charge in [0.25, 0.3) is 5.91 Å². The number of likely N-dealkylation sites (tertiary alicyclic amines) is 1. The molecular formula is C23H34N4O3. The Morgan fingerprint density at radius 2 is 1.93 bits per heavy atom. The number of hydrogen-bond acceptors (Lipinski definition) is 5. The molecule has 1 fully saturated rings.